The Morgan fingerprint density at radius 1 is 1.33 bits per heavy atom. The minimum Gasteiger partial charge on any atom is -0.378 e. The molecule has 1 atom stereocenters. The minimum absolute atomic E-state index is 0.655. The van der Waals surface area contributed by atoms with E-state index >= 15 is 0 Å². The number of nitrogens with one attached hydrogen (secondary N) is 1. The Hall–Kier alpha value is -0.120. The Bertz CT molecular complexity index is 93.1. The van der Waals surface area contributed by atoms with E-state index in [9.17, 15) is 0 Å². The highest BCUT2D eigenvalue weighted by molar-refractivity contribution is 4.81. The zero-order chi connectivity index (χ0) is 8.81. The maximum absolute atomic E-state index is 5.36. The molecule has 0 aromatic rings. The molecule has 2 saturated heterocycles. The number of ether oxygens (including phenoxy) is 1. The molecule has 0 radical (unpaired) electrons. The van der Waals surface area contributed by atoms with Crippen molar-refractivity contribution in [2.24, 2.45) is 0 Å². The van der Waals surface area contributed by atoms with Crippen LogP contribution < -0.4 is 5.32 Å². The van der Waals surface area contributed by atoms with E-state index in [1.54, 1.807) is 0 Å². The Kier molecular flexibility index (Phi) is 4.58. The highest BCUT2D eigenvalue weighted by Crippen LogP contribution is 2.07. The van der Waals surface area contributed by atoms with E-state index in [1.807, 2.05) is 13.8 Å². The number of nitrogens with zero attached hydrogens (tertiary/aromatic N) is 1. The molecule has 3 heteroatoms. The fraction of sp³-hybridized carbons (Fsp3) is 1.00. The van der Waals surface area contributed by atoms with Crippen molar-refractivity contribution in [1.29, 1.82) is 0 Å². The van der Waals surface area contributed by atoms with Crippen molar-refractivity contribution in [3.8, 4) is 0 Å². The molecule has 0 amide bonds. The van der Waals surface area contributed by atoms with Crippen LogP contribution in [0.3, 0.4) is 0 Å². The predicted molar refractivity (Wildman–Crippen MR) is 50.4 cm³/mol. The summed E-state index contributed by atoms with van der Waals surface area (Å²) >= 11 is 0. The van der Waals surface area contributed by atoms with Gasteiger partial charge in [0.25, 0.3) is 0 Å². The lowest BCUT2D eigenvalue weighted by molar-refractivity contribution is -0.0168. The first-order valence-electron chi connectivity index (χ1n) is 4.99. The van der Waals surface area contributed by atoms with Gasteiger partial charge in [-0.05, 0) is 0 Å². The molecule has 2 heterocycles. The van der Waals surface area contributed by atoms with Crippen molar-refractivity contribution in [1.82, 2.24) is 10.2 Å². The maximum atomic E-state index is 5.36. The number of hydrogen-bond acceptors (Lipinski definition) is 3. The van der Waals surface area contributed by atoms with Crippen molar-refractivity contribution < 1.29 is 4.74 Å². The van der Waals surface area contributed by atoms with E-state index in [1.165, 1.54) is 6.54 Å². The highest BCUT2D eigenvalue weighted by atomic mass is 16.5. The number of morpholine rings is 1. The summed E-state index contributed by atoms with van der Waals surface area (Å²) in [6.45, 7) is 10.4. The van der Waals surface area contributed by atoms with Gasteiger partial charge < -0.3 is 10.1 Å². The number of rotatable bonds is 0. The van der Waals surface area contributed by atoms with Gasteiger partial charge in [0.2, 0.25) is 0 Å². The predicted octanol–water partition coefficient (Wildman–Crippen LogP) is 0.317. The highest BCUT2D eigenvalue weighted by Gasteiger charge is 2.24. The van der Waals surface area contributed by atoms with Crippen LogP contribution in [-0.4, -0.2) is 50.3 Å². The fourth-order valence-electron chi connectivity index (χ4n) is 1.66. The van der Waals surface area contributed by atoms with Crippen LogP contribution in [0.2, 0.25) is 0 Å². The molecule has 0 bridgehead atoms. The summed E-state index contributed by atoms with van der Waals surface area (Å²) in [6, 6.07) is 0.655. The first-order chi connectivity index (χ1) is 5.97. The number of piperazine rings is 1. The molecule has 2 fully saturated rings. The molecule has 0 aliphatic carbocycles. The van der Waals surface area contributed by atoms with Gasteiger partial charge in [0.05, 0.1) is 13.2 Å². The minimum atomic E-state index is 0.655. The summed E-state index contributed by atoms with van der Waals surface area (Å²) in [7, 11) is 0. The summed E-state index contributed by atoms with van der Waals surface area (Å²) in [5.41, 5.74) is 0. The van der Waals surface area contributed by atoms with E-state index in [-0.39, 0.29) is 0 Å². The van der Waals surface area contributed by atoms with Gasteiger partial charge in [-0.2, -0.15) is 0 Å². The van der Waals surface area contributed by atoms with Gasteiger partial charge in [-0.3, -0.25) is 4.90 Å². The van der Waals surface area contributed by atoms with Gasteiger partial charge in [-0.15, -0.1) is 0 Å². The van der Waals surface area contributed by atoms with Gasteiger partial charge in [-0.25, -0.2) is 0 Å². The lowest BCUT2D eigenvalue weighted by Gasteiger charge is -2.39. The average Bonchev–Trinajstić information content (AvgIpc) is 2.21. The van der Waals surface area contributed by atoms with Gasteiger partial charge in [0.1, 0.15) is 0 Å². The zero-order valence-corrected chi connectivity index (χ0v) is 8.18. The molecule has 2 aliphatic heterocycles. The van der Waals surface area contributed by atoms with Crippen molar-refractivity contribution in [3.63, 3.8) is 0 Å². The van der Waals surface area contributed by atoms with Crippen molar-refractivity contribution in [2.75, 3.05) is 39.4 Å². The van der Waals surface area contributed by atoms with Crippen LogP contribution in [-0.2, 0) is 4.74 Å². The average molecular weight is 172 g/mol. The van der Waals surface area contributed by atoms with Crippen molar-refractivity contribution >= 4 is 0 Å². The number of hydrogen-bond donors (Lipinski definition) is 1. The maximum Gasteiger partial charge on any atom is 0.0634 e. The Labute approximate surface area is 75.1 Å². The van der Waals surface area contributed by atoms with Crippen LogP contribution in [0.4, 0.5) is 0 Å². The topological polar surface area (TPSA) is 24.5 Å². The van der Waals surface area contributed by atoms with Crippen LogP contribution in [0.5, 0.6) is 0 Å². The van der Waals surface area contributed by atoms with E-state index in [2.05, 4.69) is 10.2 Å². The lowest BCUT2D eigenvalue weighted by Crippen LogP contribution is -2.56. The number of fused-ring (bicyclic) bond motifs is 1. The summed E-state index contributed by atoms with van der Waals surface area (Å²) in [6.07, 6.45) is 0. The molecule has 2 aliphatic rings. The van der Waals surface area contributed by atoms with Crippen LogP contribution in [0.1, 0.15) is 13.8 Å². The SMILES string of the molecule is C1CN2CCOCC2CN1.CC. The third kappa shape index (κ3) is 2.44. The fourth-order valence-corrected chi connectivity index (χ4v) is 1.66. The molecule has 0 spiro atoms. The molecule has 0 saturated carbocycles. The summed E-state index contributed by atoms with van der Waals surface area (Å²) in [5, 5.41) is 3.36. The molecule has 3 nitrogen and oxygen atoms in total. The summed E-state index contributed by atoms with van der Waals surface area (Å²) in [4.78, 5) is 2.51. The third-order valence-corrected chi connectivity index (χ3v) is 2.31. The largest absolute Gasteiger partial charge is 0.378 e. The smallest absolute Gasteiger partial charge is 0.0634 e. The normalized spacial score (nSPS) is 30.0. The Morgan fingerprint density at radius 3 is 2.92 bits per heavy atom. The van der Waals surface area contributed by atoms with Crippen molar-refractivity contribution in [3.05, 3.63) is 0 Å². The molecule has 2 rings (SSSR count). The van der Waals surface area contributed by atoms with Gasteiger partial charge in [0.15, 0.2) is 0 Å². The molecule has 0 aromatic heterocycles. The van der Waals surface area contributed by atoms with Crippen LogP contribution in [0.25, 0.3) is 0 Å². The van der Waals surface area contributed by atoms with E-state index < -0.39 is 0 Å². The van der Waals surface area contributed by atoms with Gasteiger partial charge in [0, 0.05) is 32.2 Å². The second kappa shape index (κ2) is 5.51. The van der Waals surface area contributed by atoms with Crippen LogP contribution in [0.15, 0.2) is 0 Å². The first-order valence-corrected chi connectivity index (χ1v) is 4.99. The molecule has 72 valence electrons. The Morgan fingerprint density at radius 2 is 2.17 bits per heavy atom. The van der Waals surface area contributed by atoms with Gasteiger partial charge in [-0.1, -0.05) is 13.8 Å². The first kappa shape index (κ1) is 9.96. The second-order valence-corrected chi connectivity index (χ2v) is 2.97. The monoisotopic (exact) mass is 172 g/mol. The summed E-state index contributed by atoms with van der Waals surface area (Å²) < 4.78 is 5.36. The molecule has 12 heavy (non-hydrogen) atoms. The molecular formula is C9H20N2O. The van der Waals surface area contributed by atoms with Crippen LogP contribution >= 0.6 is 0 Å². The molecule has 0 aromatic carbocycles. The summed E-state index contributed by atoms with van der Waals surface area (Å²) in [5.74, 6) is 0. The van der Waals surface area contributed by atoms with E-state index in [0.29, 0.717) is 6.04 Å². The molecule has 1 N–H and O–H groups in total. The second-order valence-electron chi connectivity index (χ2n) is 2.97. The molecule has 1 unspecified atom stereocenters. The third-order valence-electron chi connectivity index (χ3n) is 2.31. The standard InChI is InChI=1S/C7H14N2O.C2H6/c1-2-9-3-4-10-6-7(9)5-8-1;1-2/h7-8H,1-6H2;1-2H3. The molecular weight excluding hydrogens is 152 g/mol. The Balaban J connectivity index is 0.000000336. The lowest BCUT2D eigenvalue weighted by atomic mass is 10.2. The quantitative estimate of drug-likeness (QED) is 0.569. The van der Waals surface area contributed by atoms with Crippen LogP contribution in [0, 0.1) is 0 Å². The van der Waals surface area contributed by atoms with E-state index in [0.717, 1.165) is 32.8 Å². The zero-order valence-electron chi connectivity index (χ0n) is 8.18. The van der Waals surface area contributed by atoms with Gasteiger partial charge >= 0.3 is 0 Å². The van der Waals surface area contributed by atoms with Crippen molar-refractivity contribution in [2.45, 2.75) is 19.9 Å². The van der Waals surface area contributed by atoms with E-state index in [4.69, 9.17) is 4.74 Å².